The van der Waals surface area contributed by atoms with Crippen LogP contribution in [0.25, 0.3) is 0 Å². The van der Waals surface area contributed by atoms with E-state index in [1.54, 1.807) is 26.5 Å². The molecule has 1 atom stereocenters. The second-order valence-electron chi connectivity index (χ2n) is 11.9. The van der Waals surface area contributed by atoms with Crippen LogP contribution in [0.15, 0.2) is 78.0 Å². The first-order chi connectivity index (χ1) is 22.0. The van der Waals surface area contributed by atoms with Gasteiger partial charge in [0.05, 0.1) is 26.9 Å². The molecule has 0 N–H and O–H groups in total. The van der Waals surface area contributed by atoms with Crippen molar-refractivity contribution in [2.45, 2.75) is 63.4 Å². The molecule has 4 aromatic rings. The highest BCUT2D eigenvalue weighted by Crippen LogP contribution is 2.47. The molecule has 0 bridgehead atoms. The van der Waals surface area contributed by atoms with Gasteiger partial charge in [-0.1, -0.05) is 30.7 Å². The molecule has 1 spiro atoms. The summed E-state index contributed by atoms with van der Waals surface area (Å²) in [4.78, 5) is 42.1. The molecule has 2 aromatic heterocycles. The van der Waals surface area contributed by atoms with E-state index in [0.717, 1.165) is 53.9 Å². The lowest BCUT2D eigenvalue weighted by Crippen LogP contribution is -2.51. The van der Waals surface area contributed by atoms with Gasteiger partial charge < -0.3 is 24.0 Å². The van der Waals surface area contributed by atoms with E-state index >= 15 is 0 Å². The number of carbonyl (C=O) groups excluding carboxylic acids is 1. The summed E-state index contributed by atoms with van der Waals surface area (Å²) in [6.07, 6.45) is 8.04. The maximum Gasteiger partial charge on any atom is 0.277 e. The number of methoxy groups -OCH3 is 2. The molecule has 1 unspecified atom stereocenters. The number of benzene rings is 2. The van der Waals surface area contributed by atoms with E-state index in [-0.39, 0.29) is 17.6 Å². The van der Waals surface area contributed by atoms with Crippen LogP contribution in [0.3, 0.4) is 0 Å². The first-order valence-corrected chi connectivity index (χ1v) is 15.6. The van der Waals surface area contributed by atoms with Crippen LogP contribution in [0.4, 0.5) is 11.5 Å². The van der Waals surface area contributed by atoms with Crippen LogP contribution in [0.2, 0.25) is 0 Å². The first-order valence-electron chi connectivity index (χ1n) is 15.6. The van der Waals surface area contributed by atoms with Crippen molar-refractivity contribution >= 4 is 17.4 Å². The van der Waals surface area contributed by atoms with Crippen molar-refractivity contribution in [3.8, 4) is 11.5 Å². The largest absolute Gasteiger partial charge is 0.497 e. The van der Waals surface area contributed by atoms with E-state index in [0.29, 0.717) is 49.7 Å². The van der Waals surface area contributed by atoms with Gasteiger partial charge in [-0.25, -0.2) is 9.97 Å². The average Bonchev–Trinajstić information content (AvgIpc) is 3.28. The van der Waals surface area contributed by atoms with Crippen LogP contribution in [-0.2, 0) is 23.5 Å². The number of anilines is 2. The van der Waals surface area contributed by atoms with E-state index in [9.17, 15) is 9.59 Å². The second kappa shape index (κ2) is 12.0. The first kappa shape index (κ1) is 29.0. The number of carbonyl (C=O) groups is 1. The summed E-state index contributed by atoms with van der Waals surface area (Å²) in [6, 6.07) is 19.2. The summed E-state index contributed by atoms with van der Waals surface area (Å²) in [5.41, 5.74) is 2.67. The van der Waals surface area contributed by atoms with Crippen molar-refractivity contribution in [2.24, 2.45) is 0 Å². The highest BCUT2D eigenvalue weighted by Gasteiger charge is 2.53. The lowest BCUT2D eigenvalue weighted by Gasteiger charge is -2.43. The number of rotatable bonds is 9. The minimum absolute atomic E-state index is 0.120. The van der Waals surface area contributed by atoms with Crippen LogP contribution < -0.4 is 19.9 Å². The standard InChI is InChI=1S/C35H37N5O5/c1-43-26-10-6-24(7-11-26)21-38(31-14-18-36-23-37-31)29-20-28(30-15-19-45-30)32-34(42)39(22-25-8-12-27(44-2)13-9-25)35(40(32)33(29)41)16-4-3-5-17-35/h6-14,18,20,23,30H,3-5,15-17,19,21-22H2,1-2H3. The van der Waals surface area contributed by atoms with Crippen LogP contribution in [-0.4, -0.2) is 46.2 Å². The lowest BCUT2D eigenvalue weighted by atomic mass is 9.87. The van der Waals surface area contributed by atoms with Gasteiger partial charge in [-0.2, -0.15) is 0 Å². The molecule has 45 heavy (non-hydrogen) atoms. The predicted molar refractivity (Wildman–Crippen MR) is 169 cm³/mol. The number of pyridine rings is 1. The third-order valence-corrected chi connectivity index (χ3v) is 9.41. The monoisotopic (exact) mass is 607 g/mol. The van der Waals surface area contributed by atoms with Crippen molar-refractivity contribution in [1.29, 1.82) is 0 Å². The molecule has 10 heteroatoms. The number of hydrogen-bond acceptors (Lipinski definition) is 8. The number of hydrogen-bond donors (Lipinski definition) is 0. The normalized spacial score (nSPS) is 18.4. The Morgan fingerprint density at radius 2 is 1.60 bits per heavy atom. The van der Waals surface area contributed by atoms with Gasteiger partial charge >= 0.3 is 0 Å². The maximum atomic E-state index is 15.0. The molecule has 7 rings (SSSR count). The highest BCUT2D eigenvalue weighted by atomic mass is 16.5. The molecule has 2 aromatic carbocycles. The Kier molecular flexibility index (Phi) is 7.75. The van der Waals surface area contributed by atoms with Gasteiger partial charge in [-0.05, 0) is 73.2 Å². The molecule has 1 aliphatic carbocycles. The third kappa shape index (κ3) is 5.12. The summed E-state index contributed by atoms with van der Waals surface area (Å²) in [7, 11) is 3.28. The molecule has 10 nitrogen and oxygen atoms in total. The molecule has 1 amide bonds. The molecule has 1 saturated carbocycles. The molecule has 0 radical (unpaired) electrons. The molecular formula is C35H37N5O5. The van der Waals surface area contributed by atoms with Crippen LogP contribution in [0, 0.1) is 0 Å². The Labute approximate surface area is 262 Å². The molecule has 1 saturated heterocycles. The fraction of sp³-hybridized carbons (Fsp3) is 0.371. The Morgan fingerprint density at radius 1 is 0.933 bits per heavy atom. The van der Waals surface area contributed by atoms with Gasteiger partial charge in [0.25, 0.3) is 11.5 Å². The van der Waals surface area contributed by atoms with Gasteiger partial charge in [0, 0.05) is 31.3 Å². The Morgan fingerprint density at radius 3 is 2.18 bits per heavy atom. The van der Waals surface area contributed by atoms with E-state index in [4.69, 9.17) is 14.2 Å². The number of ether oxygens (including phenoxy) is 3. The number of fused-ring (bicyclic) bond motifs is 2. The molecule has 232 valence electrons. The zero-order valence-corrected chi connectivity index (χ0v) is 25.6. The van der Waals surface area contributed by atoms with Crippen molar-refractivity contribution in [3.63, 3.8) is 0 Å². The summed E-state index contributed by atoms with van der Waals surface area (Å²) < 4.78 is 18.6. The molecule has 2 fully saturated rings. The number of aromatic nitrogens is 3. The Bertz CT molecular complexity index is 1730. The molecule has 3 aliphatic rings. The maximum absolute atomic E-state index is 15.0. The SMILES string of the molecule is COc1ccc(CN(c2ccncn2)c2cc(C3CCO3)c3n(c2=O)C2(CCCCC2)N(Cc2ccc(OC)cc2)C3=O)cc1. The van der Waals surface area contributed by atoms with Crippen molar-refractivity contribution < 1.29 is 19.0 Å². The van der Waals surface area contributed by atoms with Gasteiger partial charge in [0.15, 0.2) is 0 Å². The van der Waals surface area contributed by atoms with Crippen LogP contribution >= 0.6 is 0 Å². The van der Waals surface area contributed by atoms with E-state index in [1.807, 2.05) is 69.0 Å². The molecular weight excluding hydrogens is 570 g/mol. The van der Waals surface area contributed by atoms with E-state index < -0.39 is 5.66 Å². The summed E-state index contributed by atoms with van der Waals surface area (Å²) in [5, 5.41) is 0. The van der Waals surface area contributed by atoms with Gasteiger partial charge in [-0.15, -0.1) is 0 Å². The number of amides is 1. The van der Waals surface area contributed by atoms with Gasteiger partial charge in [-0.3, -0.25) is 14.2 Å². The second-order valence-corrected chi connectivity index (χ2v) is 11.9. The van der Waals surface area contributed by atoms with Crippen LogP contribution in [0.5, 0.6) is 11.5 Å². The highest BCUT2D eigenvalue weighted by molar-refractivity contribution is 5.97. The molecule has 4 heterocycles. The quantitative estimate of drug-likeness (QED) is 0.238. The minimum atomic E-state index is -0.770. The van der Waals surface area contributed by atoms with E-state index in [1.165, 1.54) is 6.33 Å². The van der Waals surface area contributed by atoms with Crippen LogP contribution in [0.1, 0.15) is 71.8 Å². The topological polar surface area (TPSA) is 99.0 Å². The summed E-state index contributed by atoms with van der Waals surface area (Å²) >= 11 is 0. The fourth-order valence-electron chi connectivity index (χ4n) is 6.99. The van der Waals surface area contributed by atoms with E-state index in [2.05, 4.69) is 9.97 Å². The van der Waals surface area contributed by atoms with Crippen molar-refractivity contribution in [1.82, 2.24) is 19.4 Å². The predicted octanol–water partition coefficient (Wildman–Crippen LogP) is 5.73. The van der Waals surface area contributed by atoms with Crippen molar-refractivity contribution in [2.75, 3.05) is 25.7 Å². The smallest absolute Gasteiger partial charge is 0.277 e. The third-order valence-electron chi connectivity index (χ3n) is 9.41. The number of nitrogens with zero attached hydrogens (tertiary/aromatic N) is 5. The van der Waals surface area contributed by atoms with Gasteiger partial charge in [0.1, 0.15) is 40.7 Å². The summed E-state index contributed by atoms with van der Waals surface area (Å²) in [5.74, 6) is 1.99. The minimum Gasteiger partial charge on any atom is -0.497 e. The molecule has 2 aliphatic heterocycles. The zero-order valence-electron chi connectivity index (χ0n) is 25.6. The Balaban J connectivity index is 1.40. The lowest BCUT2D eigenvalue weighted by molar-refractivity contribution is -0.0534. The van der Waals surface area contributed by atoms with Gasteiger partial charge in [0.2, 0.25) is 0 Å². The fourth-order valence-corrected chi connectivity index (χ4v) is 6.99. The van der Waals surface area contributed by atoms with Crippen molar-refractivity contribution in [3.05, 3.63) is 106 Å². The average molecular weight is 608 g/mol. The zero-order chi connectivity index (χ0) is 31.0. The Hall–Kier alpha value is -4.70. The summed E-state index contributed by atoms with van der Waals surface area (Å²) in [6.45, 7) is 1.40.